The normalized spacial score (nSPS) is 10.6. The summed E-state index contributed by atoms with van der Waals surface area (Å²) in [4.78, 5) is 10.4. The second-order valence-electron chi connectivity index (χ2n) is 2.69. The number of alkyl halides is 2. The third kappa shape index (κ3) is 2.42. The summed E-state index contributed by atoms with van der Waals surface area (Å²) in [5, 5.41) is 8.31. The Morgan fingerprint density at radius 2 is 2.14 bits per heavy atom. The fraction of sp³-hybridized carbons (Fsp3) is 0.222. The molecule has 0 aliphatic rings. The minimum Gasteiger partial charge on any atom is -0.481 e. The number of hydrogen-bond donors (Lipinski definition) is 1. The molecule has 0 bridgehead atoms. The molecule has 0 fully saturated rings. The van der Waals surface area contributed by atoms with Gasteiger partial charge in [0.1, 0.15) is 0 Å². The van der Waals surface area contributed by atoms with Crippen molar-refractivity contribution >= 4 is 17.6 Å². The van der Waals surface area contributed by atoms with Crippen LogP contribution in [-0.2, 0) is 11.2 Å². The average molecular weight is 221 g/mol. The van der Waals surface area contributed by atoms with E-state index in [0.717, 1.165) is 0 Å². The second-order valence-corrected chi connectivity index (χ2v) is 3.07. The molecule has 1 aromatic rings. The van der Waals surface area contributed by atoms with Gasteiger partial charge in [-0.2, -0.15) is 0 Å². The first kappa shape index (κ1) is 10.9. The van der Waals surface area contributed by atoms with Crippen LogP contribution in [-0.4, -0.2) is 11.1 Å². The molecule has 14 heavy (non-hydrogen) atoms. The van der Waals surface area contributed by atoms with E-state index in [4.69, 9.17) is 16.7 Å². The number of halogens is 3. The number of carbonyl (C=O) groups is 1. The summed E-state index contributed by atoms with van der Waals surface area (Å²) < 4.78 is 24.6. The lowest BCUT2D eigenvalue weighted by Gasteiger charge is -2.06. The maximum absolute atomic E-state index is 12.3. The smallest absolute Gasteiger partial charge is 0.307 e. The number of hydrogen-bond acceptors (Lipinski definition) is 1. The Morgan fingerprint density at radius 3 is 2.64 bits per heavy atom. The van der Waals surface area contributed by atoms with Gasteiger partial charge < -0.3 is 5.11 Å². The van der Waals surface area contributed by atoms with Gasteiger partial charge in [-0.3, -0.25) is 4.79 Å². The van der Waals surface area contributed by atoms with Crippen molar-refractivity contribution in [1.82, 2.24) is 0 Å². The molecule has 2 nitrogen and oxygen atoms in total. The SMILES string of the molecule is O=C(O)Cc1cccc(C(F)F)c1Cl. The third-order valence-corrected chi connectivity index (χ3v) is 2.15. The van der Waals surface area contributed by atoms with E-state index in [1.165, 1.54) is 18.2 Å². The molecule has 5 heteroatoms. The van der Waals surface area contributed by atoms with Crippen LogP contribution in [0.25, 0.3) is 0 Å². The van der Waals surface area contributed by atoms with Crippen molar-refractivity contribution in [3.8, 4) is 0 Å². The van der Waals surface area contributed by atoms with Gasteiger partial charge in [0.15, 0.2) is 0 Å². The van der Waals surface area contributed by atoms with E-state index < -0.39 is 12.4 Å². The zero-order valence-corrected chi connectivity index (χ0v) is 7.76. The second kappa shape index (κ2) is 4.37. The highest BCUT2D eigenvalue weighted by Gasteiger charge is 2.15. The van der Waals surface area contributed by atoms with Crippen molar-refractivity contribution in [2.75, 3.05) is 0 Å². The number of carboxylic acid groups (broad SMARTS) is 1. The van der Waals surface area contributed by atoms with Crippen LogP contribution < -0.4 is 0 Å². The van der Waals surface area contributed by atoms with Crippen LogP contribution >= 0.6 is 11.6 Å². The predicted molar refractivity (Wildman–Crippen MR) is 47.7 cm³/mol. The van der Waals surface area contributed by atoms with Crippen molar-refractivity contribution in [1.29, 1.82) is 0 Å². The third-order valence-electron chi connectivity index (χ3n) is 1.69. The maximum Gasteiger partial charge on any atom is 0.307 e. The van der Waals surface area contributed by atoms with Gasteiger partial charge in [0, 0.05) is 5.56 Å². The molecule has 0 saturated carbocycles. The summed E-state index contributed by atoms with van der Waals surface area (Å²) in [5.41, 5.74) is -0.123. The van der Waals surface area contributed by atoms with E-state index >= 15 is 0 Å². The van der Waals surface area contributed by atoms with Crippen molar-refractivity contribution in [3.05, 3.63) is 34.3 Å². The van der Waals surface area contributed by atoms with Crippen molar-refractivity contribution in [2.45, 2.75) is 12.8 Å². The van der Waals surface area contributed by atoms with Crippen LogP contribution in [0.2, 0.25) is 5.02 Å². The average Bonchev–Trinajstić information content (AvgIpc) is 2.07. The first-order chi connectivity index (χ1) is 6.52. The molecular formula is C9H7ClF2O2. The molecular weight excluding hydrogens is 214 g/mol. The highest BCUT2D eigenvalue weighted by atomic mass is 35.5. The topological polar surface area (TPSA) is 37.3 Å². The Morgan fingerprint density at radius 1 is 1.50 bits per heavy atom. The standard InChI is InChI=1S/C9H7ClF2O2/c10-8-5(4-7(13)14)2-1-3-6(8)9(11)12/h1-3,9H,4H2,(H,13,14). The van der Waals surface area contributed by atoms with Gasteiger partial charge in [0.2, 0.25) is 0 Å². The molecule has 76 valence electrons. The largest absolute Gasteiger partial charge is 0.481 e. The van der Waals surface area contributed by atoms with E-state index in [1.807, 2.05) is 0 Å². The first-order valence-electron chi connectivity index (χ1n) is 3.79. The Labute approximate surface area is 84.1 Å². The molecule has 0 aromatic heterocycles. The molecule has 0 spiro atoms. The zero-order chi connectivity index (χ0) is 10.7. The lowest BCUT2D eigenvalue weighted by atomic mass is 10.1. The number of rotatable bonds is 3. The van der Waals surface area contributed by atoms with Crippen molar-refractivity contribution < 1.29 is 18.7 Å². The summed E-state index contributed by atoms with van der Waals surface area (Å²) in [7, 11) is 0. The van der Waals surface area contributed by atoms with Gasteiger partial charge in [-0.05, 0) is 5.56 Å². The summed E-state index contributed by atoms with van der Waals surface area (Å²) in [6, 6.07) is 3.96. The van der Waals surface area contributed by atoms with Crippen LogP contribution in [0.3, 0.4) is 0 Å². The van der Waals surface area contributed by atoms with Crippen LogP contribution in [0, 0.1) is 0 Å². The molecule has 1 rings (SSSR count). The van der Waals surface area contributed by atoms with Crippen LogP contribution in [0.4, 0.5) is 8.78 Å². The van der Waals surface area contributed by atoms with Gasteiger partial charge in [0.25, 0.3) is 6.43 Å². The first-order valence-corrected chi connectivity index (χ1v) is 4.17. The van der Waals surface area contributed by atoms with E-state index in [1.54, 1.807) is 0 Å². The Hall–Kier alpha value is -1.16. The molecule has 1 N–H and O–H groups in total. The highest BCUT2D eigenvalue weighted by Crippen LogP contribution is 2.29. The molecule has 0 amide bonds. The van der Waals surface area contributed by atoms with Gasteiger partial charge in [-0.1, -0.05) is 29.8 Å². The summed E-state index contributed by atoms with van der Waals surface area (Å²) in [6.07, 6.45) is -3.03. The number of benzene rings is 1. The Kier molecular flexibility index (Phi) is 3.41. The monoisotopic (exact) mass is 220 g/mol. The summed E-state index contributed by atoms with van der Waals surface area (Å²) in [5.74, 6) is -1.10. The van der Waals surface area contributed by atoms with Crippen molar-refractivity contribution in [3.63, 3.8) is 0 Å². The summed E-state index contributed by atoms with van der Waals surface area (Å²) in [6.45, 7) is 0. The molecule has 0 saturated heterocycles. The molecule has 0 aliphatic carbocycles. The molecule has 0 heterocycles. The van der Waals surface area contributed by atoms with Crippen LogP contribution in [0.5, 0.6) is 0 Å². The van der Waals surface area contributed by atoms with E-state index in [2.05, 4.69) is 0 Å². The number of carboxylic acids is 1. The van der Waals surface area contributed by atoms with Gasteiger partial charge in [-0.15, -0.1) is 0 Å². The minimum atomic E-state index is -2.68. The number of aliphatic carboxylic acids is 1. The lowest BCUT2D eigenvalue weighted by Crippen LogP contribution is -2.02. The zero-order valence-electron chi connectivity index (χ0n) is 7.01. The van der Waals surface area contributed by atoms with Crippen LogP contribution in [0.15, 0.2) is 18.2 Å². The Bertz CT molecular complexity index is 353. The molecule has 0 aliphatic heterocycles. The van der Waals surface area contributed by atoms with Crippen molar-refractivity contribution in [2.24, 2.45) is 0 Å². The van der Waals surface area contributed by atoms with E-state index in [0.29, 0.717) is 0 Å². The molecule has 0 atom stereocenters. The lowest BCUT2D eigenvalue weighted by molar-refractivity contribution is -0.136. The summed E-state index contributed by atoms with van der Waals surface area (Å²) >= 11 is 5.60. The highest BCUT2D eigenvalue weighted by molar-refractivity contribution is 6.32. The van der Waals surface area contributed by atoms with Gasteiger partial charge in [-0.25, -0.2) is 8.78 Å². The predicted octanol–water partition coefficient (Wildman–Crippen LogP) is 2.90. The van der Waals surface area contributed by atoms with E-state index in [9.17, 15) is 13.6 Å². The fourth-order valence-electron chi connectivity index (χ4n) is 1.07. The fourth-order valence-corrected chi connectivity index (χ4v) is 1.34. The maximum atomic E-state index is 12.3. The van der Waals surface area contributed by atoms with Gasteiger partial charge in [0.05, 0.1) is 11.4 Å². The van der Waals surface area contributed by atoms with Crippen LogP contribution in [0.1, 0.15) is 17.6 Å². The molecule has 0 radical (unpaired) electrons. The molecule has 0 unspecified atom stereocenters. The Balaban J connectivity index is 3.07. The molecule has 1 aromatic carbocycles. The van der Waals surface area contributed by atoms with E-state index in [-0.39, 0.29) is 22.6 Å². The van der Waals surface area contributed by atoms with Gasteiger partial charge >= 0.3 is 5.97 Å². The quantitative estimate of drug-likeness (QED) is 0.851. The minimum absolute atomic E-state index is 0.162.